The number of carbonyl (C=O) groups excluding carboxylic acids is 1. The van der Waals surface area contributed by atoms with Gasteiger partial charge >= 0.3 is 0 Å². The number of hydrogen-bond acceptors (Lipinski definition) is 5. The van der Waals surface area contributed by atoms with Gasteiger partial charge in [-0.15, -0.1) is 0 Å². The van der Waals surface area contributed by atoms with Crippen molar-refractivity contribution in [3.63, 3.8) is 0 Å². The van der Waals surface area contributed by atoms with Gasteiger partial charge in [0.1, 0.15) is 0 Å². The van der Waals surface area contributed by atoms with E-state index in [9.17, 15) is 4.79 Å². The molecule has 0 radical (unpaired) electrons. The van der Waals surface area contributed by atoms with Gasteiger partial charge < -0.3 is 9.47 Å². The third kappa shape index (κ3) is 3.75. The van der Waals surface area contributed by atoms with Crippen LogP contribution in [0.2, 0.25) is 0 Å². The zero-order valence-corrected chi connectivity index (χ0v) is 15.7. The highest BCUT2D eigenvalue weighted by Gasteiger charge is 2.30. The first-order valence-electron chi connectivity index (χ1n) is 8.25. The zero-order chi connectivity index (χ0) is 18.5. The number of likely N-dealkylation sites (N-methyl/N-ethyl adjacent to an activating group) is 1. The fourth-order valence-electron chi connectivity index (χ4n) is 2.51. The van der Waals surface area contributed by atoms with Gasteiger partial charge in [-0.2, -0.15) is 0 Å². The van der Waals surface area contributed by atoms with E-state index in [0.717, 1.165) is 11.3 Å². The summed E-state index contributed by atoms with van der Waals surface area (Å²) in [6.07, 6.45) is 1.82. The standard InChI is InChI=1S/C20H20N2O3S/c1-4-25-18-14(9-8-12-16(18)24-3)13-17-19(23)22(2)20(26-17)21-15-10-6-5-7-11-15/h5-13H,4H2,1-3H3. The molecule has 26 heavy (non-hydrogen) atoms. The van der Waals surface area contributed by atoms with Crippen LogP contribution in [0.3, 0.4) is 0 Å². The lowest BCUT2D eigenvalue weighted by Gasteiger charge is -2.12. The number of carbonyl (C=O) groups is 1. The molecule has 0 unspecified atom stereocenters. The molecule has 0 bridgehead atoms. The normalized spacial score (nSPS) is 17.2. The van der Waals surface area contributed by atoms with Crippen molar-refractivity contribution < 1.29 is 14.3 Å². The van der Waals surface area contributed by atoms with Gasteiger partial charge in [-0.05, 0) is 43.0 Å². The van der Waals surface area contributed by atoms with Crippen LogP contribution in [0.25, 0.3) is 6.08 Å². The summed E-state index contributed by atoms with van der Waals surface area (Å²) in [7, 11) is 3.33. The zero-order valence-electron chi connectivity index (χ0n) is 14.9. The molecule has 134 valence electrons. The van der Waals surface area contributed by atoms with Gasteiger partial charge in [-0.3, -0.25) is 9.69 Å². The molecule has 1 aliphatic rings. The molecular weight excluding hydrogens is 348 g/mol. The number of amidine groups is 1. The van der Waals surface area contributed by atoms with Crippen LogP contribution < -0.4 is 9.47 Å². The molecule has 1 aliphatic heterocycles. The Bertz CT molecular complexity index is 863. The highest BCUT2D eigenvalue weighted by atomic mass is 32.2. The summed E-state index contributed by atoms with van der Waals surface area (Å²) in [6, 6.07) is 15.2. The molecule has 0 spiro atoms. The molecule has 1 heterocycles. The molecule has 1 fully saturated rings. The second kappa shape index (κ2) is 8.10. The molecule has 0 N–H and O–H groups in total. The van der Waals surface area contributed by atoms with E-state index in [1.807, 2.05) is 61.5 Å². The predicted octanol–water partition coefficient (Wildman–Crippen LogP) is 4.33. The topological polar surface area (TPSA) is 51.1 Å². The summed E-state index contributed by atoms with van der Waals surface area (Å²) >= 11 is 1.35. The predicted molar refractivity (Wildman–Crippen MR) is 106 cm³/mol. The Morgan fingerprint density at radius 2 is 1.92 bits per heavy atom. The van der Waals surface area contributed by atoms with Crippen LogP contribution in [0.4, 0.5) is 5.69 Å². The van der Waals surface area contributed by atoms with Gasteiger partial charge in [-0.1, -0.05) is 30.3 Å². The van der Waals surface area contributed by atoms with Crippen LogP contribution >= 0.6 is 11.8 Å². The van der Waals surface area contributed by atoms with Crippen molar-refractivity contribution >= 4 is 34.6 Å². The lowest BCUT2D eigenvalue weighted by molar-refractivity contribution is -0.121. The van der Waals surface area contributed by atoms with Crippen LogP contribution in [0.1, 0.15) is 12.5 Å². The second-order valence-corrected chi connectivity index (χ2v) is 6.53. The number of rotatable bonds is 5. The van der Waals surface area contributed by atoms with E-state index in [0.29, 0.717) is 28.2 Å². The van der Waals surface area contributed by atoms with Gasteiger partial charge in [0.15, 0.2) is 16.7 Å². The first-order valence-corrected chi connectivity index (χ1v) is 9.06. The van der Waals surface area contributed by atoms with Crippen LogP contribution in [0, 0.1) is 0 Å². The van der Waals surface area contributed by atoms with E-state index >= 15 is 0 Å². The van der Waals surface area contributed by atoms with E-state index < -0.39 is 0 Å². The molecule has 0 saturated carbocycles. The maximum atomic E-state index is 12.6. The smallest absolute Gasteiger partial charge is 0.266 e. The number of hydrogen-bond donors (Lipinski definition) is 0. The monoisotopic (exact) mass is 368 g/mol. The van der Waals surface area contributed by atoms with Crippen molar-refractivity contribution in [1.29, 1.82) is 0 Å². The Balaban J connectivity index is 1.95. The molecule has 0 aliphatic carbocycles. The van der Waals surface area contributed by atoms with Crippen molar-refractivity contribution in [2.24, 2.45) is 4.99 Å². The summed E-state index contributed by atoms with van der Waals surface area (Å²) in [6.45, 7) is 2.43. The molecule has 2 aromatic rings. The van der Waals surface area contributed by atoms with Crippen molar-refractivity contribution in [2.45, 2.75) is 6.92 Å². The SMILES string of the molecule is CCOc1c(C=C2SC(=Nc3ccccc3)N(C)C2=O)cccc1OC. The number of nitrogens with zero attached hydrogens (tertiary/aromatic N) is 2. The lowest BCUT2D eigenvalue weighted by Crippen LogP contribution is -2.23. The van der Waals surface area contributed by atoms with Crippen LogP contribution in [0.5, 0.6) is 11.5 Å². The van der Waals surface area contributed by atoms with E-state index in [4.69, 9.17) is 9.47 Å². The number of amides is 1. The number of aliphatic imine (C=N–C) groups is 1. The van der Waals surface area contributed by atoms with E-state index in [2.05, 4.69) is 4.99 Å². The van der Waals surface area contributed by atoms with Crippen molar-refractivity contribution in [3.8, 4) is 11.5 Å². The molecule has 0 atom stereocenters. The number of benzene rings is 2. The first-order chi connectivity index (χ1) is 12.6. The van der Waals surface area contributed by atoms with Gasteiger partial charge in [-0.25, -0.2) is 4.99 Å². The van der Waals surface area contributed by atoms with Crippen molar-refractivity contribution in [1.82, 2.24) is 4.90 Å². The number of thioether (sulfide) groups is 1. The Labute approximate surface area is 157 Å². The number of ether oxygens (including phenoxy) is 2. The molecule has 1 amide bonds. The maximum absolute atomic E-state index is 12.6. The first kappa shape index (κ1) is 18.1. The highest BCUT2D eigenvalue weighted by molar-refractivity contribution is 8.18. The van der Waals surface area contributed by atoms with Crippen LogP contribution in [-0.2, 0) is 4.79 Å². The Morgan fingerprint density at radius 3 is 2.62 bits per heavy atom. The highest BCUT2D eigenvalue weighted by Crippen LogP contribution is 2.37. The Kier molecular flexibility index (Phi) is 5.63. The molecule has 3 rings (SSSR count). The third-order valence-electron chi connectivity index (χ3n) is 3.79. The average molecular weight is 368 g/mol. The van der Waals surface area contributed by atoms with Gasteiger partial charge in [0, 0.05) is 12.6 Å². The molecular formula is C20H20N2O3S. The Morgan fingerprint density at radius 1 is 1.15 bits per heavy atom. The second-order valence-electron chi connectivity index (χ2n) is 5.52. The van der Waals surface area contributed by atoms with E-state index in [1.54, 1.807) is 19.1 Å². The minimum absolute atomic E-state index is 0.0880. The minimum atomic E-state index is -0.0880. The molecule has 5 nitrogen and oxygen atoms in total. The summed E-state index contributed by atoms with van der Waals surface area (Å²) in [4.78, 5) is 19.3. The molecule has 6 heteroatoms. The quantitative estimate of drug-likeness (QED) is 0.737. The molecule has 1 saturated heterocycles. The summed E-state index contributed by atoms with van der Waals surface area (Å²) in [5.74, 6) is 1.19. The fourth-order valence-corrected chi connectivity index (χ4v) is 3.49. The van der Waals surface area contributed by atoms with Gasteiger partial charge in [0.05, 0.1) is 24.3 Å². The summed E-state index contributed by atoms with van der Waals surface area (Å²) in [5.41, 5.74) is 1.61. The lowest BCUT2D eigenvalue weighted by atomic mass is 10.1. The van der Waals surface area contributed by atoms with Crippen LogP contribution in [-0.4, -0.2) is 36.7 Å². The number of methoxy groups -OCH3 is 1. The van der Waals surface area contributed by atoms with Crippen molar-refractivity contribution in [2.75, 3.05) is 20.8 Å². The minimum Gasteiger partial charge on any atom is -0.493 e. The summed E-state index contributed by atoms with van der Waals surface area (Å²) in [5, 5.41) is 0.647. The Hall–Kier alpha value is -2.73. The summed E-state index contributed by atoms with van der Waals surface area (Å²) < 4.78 is 11.1. The van der Waals surface area contributed by atoms with E-state index in [1.165, 1.54) is 11.8 Å². The maximum Gasteiger partial charge on any atom is 0.266 e. The van der Waals surface area contributed by atoms with Gasteiger partial charge in [0.2, 0.25) is 0 Å². The van der Waals surface area contributed by atoms with Gasteiger partial charge in [0.25, 0.3) is 5.91 Å². The third-order valence-corrected chi connectivity index (χ3v) is 4.85. The average Bonchev–Trinajstić information content (AvgIpc) is 2.92. The van der Waals surface area contributed by atoms with Crippen LogP contribution in [0.15, 0.2) is 58.4 Å². The molecule has 0 aromatic heterocycles. The van der Waals surface area contributed by atoms with E-state index in [-0.39, 0.29) is 5.91 Å². The largest absolute Gasteiger partial charge is 0.493 e. The molecule has 2 aromatic carbocycles. The van der Waals surface area contributed by atoms with Crippen molar-refractivity contribution in [3.05, 3.63) is 59.0 Å². The number of para-hydroxylation sites is 2. The fraction of sp³-hybridized carbons (Fsp3) is 0.200.